The number of sulfonamides is 2. The largest absolute Gasteiger partial charge is 0.492 e. The third-order valence-electron chi connectivity index (χ3n) is 4.96. The van der Waals surface area contributed by atoms with E-state index in [0.717, 1.165) is 26.9 Å². The summed E-state index contributed by atoms with van der Waals surface area (Å²) in [5, 5.41) is 2.68. The number of carbonyl (C=O) groups excluding carboxylic acids is 1. The molecule has 0 bridgehead atoms. The monoisotopic (exact) mass is 497 g/mol. The Hall–Kier alpha value is -2.63. The molecule has 1 N–H and O–H groups in total. The van der Waals surface area contributed by atoms with Gasteiger partial charge >= 0.3 is 0 Å². The maximum atomic E-state index is 12.6. The molecule has 182 valence electrons. The Kier molecular flexibility index (Phi) is 8.87. The van der Waals surface area contributed by atoms with Crippen molar-refractivity contribution in [3.05, 3.63) is 54.1 Å². The lowest BCUT2D eigenvalue weighted by Crippen LogP contribution is -2.48. The fourth-order valence-electron chi connectivity index (χ4n) is 3.10. The van der Waals surface area contributed by atoms with Crippen LogP contribution in [-0.4, -0.2) is 66.6 Å². The van der Waals surface area contributed by atoms with E-state index in [1.54, 1.807) is 12.1 Å². The number of nitrogens with one attached hydrogen (secondary N) is 1. The van der Waals surface area contributed by atoms with Gasteiger partial charge in [-0.25, -0.2) is 21.1 Å². The van der Waals surface area contributed by atoms with Gasteiger partial charge in [0.15, 0.2) is 0 Å². The fraction of sp³-hybridized carbons (Fsp3) is 0.409. The Labute approximate surface area is 196 Å². The number of nitrogens with zero attached hydrogens (tertiary/aromatic N) is 2. The number of hydrogen-bond donors (Lipinski definition) is 1. The number of benzene rings is 2. The van der Waals surface area contributed by atoms with Gasteiger partial charge in [0.1, 0.15) is 18.4 Å². The van der Waals surface area contributed by atoms with Crippen molar-refractivity contribution in [3.8, 4) is 5.75 Å². The molecular formula is C22H31N3O6S2. The van der Waals surface area contributed by atoms with Gasteiger partial charge in [-0.1, -0.05) is 19.1 Å². The van der Waals surface area contributed by atoms with E-state index in [9.17, 15) is 21.6 Å². The molecule has 0 unspecified atom stereocenters. The number of carbonyl (C=O) groups is 1. The Balaban J connectivity index is 1.96. The predicted molar refractivity (Wildman–Crippen MR) is 128 cm³/mol. The van der Waals surface area contributed by atoms with Crippen molar-refractivity contribution >= 4 is 31.6 Å². The second-order valence-electron chi connectivity index (χ2n) is 7.65. The summed E-state index contributed by atoms with van der Waals surface area (Å²) in [5.41, 5.74) is 1.48. The van der Waals surface area contributed by atoms with Gasteiger partial charge in [0, 0.05) is 14.1 Å². The van der Waals surface area contributed by atoms with E-state index in [-0.39, 0.29) is 18.0 Å². The van der Waals surface area contributed by atoms with Crippen LogP contribution >= 0.6 is 0 Å². The Morgan fingerprint density at radius 3 is 2.06 bits per heavy atom. The summed E-state index contributed by atoms with van der Waals surface area (Å²) in [6.45, 7) is 3.80. The lowest BCUT2D eigenvalue weighted by atomic mass is 10.1. The third-order valence-corrected chi connectivity index (χ3v) is 8.03. The van der Waals surface area contributed by atoms with E-state index >= 15 is 0 Å². The summed E-state index contributed by atoms with van der Waals surface area (Å²) in [6, 6.07) is 12.0. The third kappa shape index (κ3) is 6.92. The number of hydrogen-bond acceptors (Lipinski definition) is 6. The van der Waals surface area contributed by atoms with Crippen LogP contribution < -0.4 is 14.4 Å². The molecule has 33 heavy (non-hydrogen) atoms. The highest BCUT2D eigenvalue weighted by Gasteiger charge is 2.28. The zero-order valence-electron chi connectivity index (χ0n) is 19.5. The second-order valence-corrected chi connectivity index (χ2v) is 11.7. The maximum Gasteiger partial charge on any atom is 0.243 e. The van der Waals surface area contributed by atoms with Crippen LogP contribution in [0.25, 0.3) is 0 Å². The standard InChI is InChI=1S/C22H31N3O6S2/c1-6-18-7-9-19(10-8-18)25(32(5,27)28)17(2)22(26)23-15-16-31-20-11-13-21(14-12-20)33(29,30)24(3)4/h7-14,17H,6,15-16H2,1-5H3,(H,23,26)/t17-/m0/s1. The molecule has 0 saturated heterocycles. The van der Waals surface area contributed by atoms with Gasteiger partial charge in [-0.2, -0.15) is 0 Å². The van der Waals surface area contributed by atoms with Crippen LogP contribution in [0.2, 0.25) is 0 Å². The Morgan fingerprint density at radius 1 is 1.00 bits per heavy atom. The van der Waals surface area contributed by atoms with Crippen LogP contribution in [0.3, 0.4) is 0 Å². The first kappa shape index (κ1) is 26.6. The molecule has 0 aliphatic rings. The van der Waals surface area contributed by atoms with E-state index in [0.29, 0.717) is 11.4 Å². The zero-order valence-corrected chi connectivity index (χ0v) is 21.1. The molecule has 0 aliphatic carbocycles. The van der Waals surface area contributed by atoms with Crippen molar-refractivity contribution in [2.75, 3.05) is 37.8 Å². The summed E-state index contributed by atoms with van der Waals surface area (Å²) >= 11 is 0. The first-order valence-electron chi connectivity index (χ1n) is 10.4. The smallest absolute Gasteiger partial charge is 0.243 e. The summed E-state index contributed by atoms with van der Waals surface area (Å²) < 4.78 is 56.7. The van der Waals surface area contributed by atoms with Crippen molar-refractivity contribution in [2.24, 2.45) is 0 Å². The lowest BCUT2D eigenvalue weighted by molar-refractivity contribution is -0.121. The first-order chi connectivity index (χ1) is 15.4. The molecule has 0 radical (unpaired) electrons. The van der Waals surface area contributed by atoms with Crippen LogP contribution in [0.5, 0.6) is 5.75 Å². The van der Waals surface area contributed by atoms with Crippen LogP contribution in [0.4, 0.5) is 5.69 Å². The minimum atomic E-state index is -3.69. The van der Waals surface area contributed by atoms with Crippen LogP contribution in [0, 0.1) is 0 Å². The normalized spacial score (nSPS) is 12.9. The molecule has 1 amide bonds. The van der Waals surface area contributed by atoms with Crippen LogP contribution in [0.15, 0.2) is 53.4 Å². The van der Waals surface area contributed by atoms with Gasteiger partial charge in [0.05, 0.1) is 23.4 Å². The Bertz CT molecular complexity index is 1150. The number of anilines is 1. The molecule has 0 heterocycles. The highest BCUT2D eigenvalue weighted by atomic mass is 32.2. The van der Waals surface area contributed by atoms with Crippen molar-refractivity contribution in [1.82, 2.24) is 9.62 Å². The molecule has 2 aromatic rings. The number of aryl methyl sites for hydroxylation is 1. The quantitative estimate of drug-likeness (QED) is 0.474. The molecule has 2 rings (SSSR count). The van der Waals surface area contributed by atoms with E-state index in [1.807, 2.05) is 19.1 Å². The SMILES string of the molecule is CCc1ccc(N([C@@H](C)C(=O)NCCOc2ccc(S(=O)(=O)N(C)C)cc2)S(C)(=O)=O)cc1. The molecule has 9 nitrogen and oxygen atoms in total. The second kappa shape index (κ2) is 11.0. The predicted octanol–water partition coefficient (Wildman–Crippen LogP) is 1.85. The van der Waals surface area contributed by atoms with Crippen molar-refractivity contribution in [1.29, 1.82) is 0 Å². The molecule has 0 saturated carbocycles. The van der Waals surface area contributed by atoms with Gasteiger partial charge in [0.25, 0.3) is 0 Å². The zero-order chi connectivity index (χ0) is 24.8. The molecular weight excluding hydrogens is 466 g/mol. The molecule has 2 aromatic carbocycles. The van der Waals surface area contributed by atoms with E-state index in [4.69, 9.17) is 4.74 Å². The van der Waals surface area contributed by atoms with Crippen LogP contribution in [0.1, 0.15) is 19.4 Å². The number of rotatable bonds is 11. The minimum absolute atomic E-state index is 0.127. The summed E-state index contributed by atoms with van der Waals surface area (Å²) in [5.74, 6) is -0.0141. The molecule has 11 heteroatoms. The van der Waals surface area contributed by atoms with Gasteiger partial charge in [-0.15, -0.1) is 0 Å². The lowest BCUT2D eigenvalue weighted by Gasteiger charge is -2.28. The maximum absolute atomic E-state index is 12.6. The van der Waals surface area contributed by atoms with E-state index in [2.05, 4.69) is 5.32 Å². The summed E-state index contributed by atoms with van der Waals surface area (Å²) in [4.78, 5) is 12.8. The Morgan fingerprint density at radius 2 is 1.58 bits per heavy atom. The van der Waals surface area contributed by atoms with E-state index in [1.165, 1.54) is 45.3 Å². The molecule has 0 spiro atoms. The number of ether oxygens (including phenoxy) is 1. The van der Waals surface area contributed by atoms with E-state index < -0.39 is 32.0 Å². The number of amides is 1. The van der Waals surface area contributed by atoms with Gasteiger partial charge < -0.3 is 10.1 Å². The van der Waals surface area contributed by atoms with Crippen molar-refractivity contribution < 1.29 is 26.4 Å². The molecule has 0 fully saturated rings. The van der Waals surface area contributed by atoms with Gasteiger partial charge in [0.2, 0.25) is 26.0 Å². The minimum Gasteiger partial charge on any atom is -0.492 e. The van der Waals surface area contributed by atoms with Crippen molar-refractivity contribution in [3.63, 3.8) is 0 Å². The average molecular weight is 498 g/mol. The summed E-state index contributed by atoms with van der Waals surface area (Å²) in [6.07, 6.45) is 1.89. The summed E-state index contributed by atoms with van der Waals surface area (Å²) in [7, 11) is -4.30. The van der Waals surface area contributed by atoms with Crippen LogP contribution in [-0.2, 0) is 31.3 Å². The molecule has 0 aliphatic heterocycles. The molecule has 1 atom stereocenters. The first-order valence-corrected chi connectivity index (χ1v) is 13.7. The highest BCUT2D eigenvalue weighted by Crippen LogP contribution is 2.22. The topological polar surface area (TPSA) is 113 Å². The van der Waals surface area contributed by atoms with Crippen molar-refractivity contribution in [2.45, 2.75) is 31.2 Å². The average Bonchev–Trinajstić information content (AvgIpc) is 2.76. The van der Waals surface area contributed by atoms with Gasteiger partial charge in [-0.3, -0.25) is 9.10 Å². The molecule has 0 aromatic heterocycles. The fourth-order valence-corrected chi connectivity index (χ4v) is 5.17. The van der Waals surface area contributed by atoms with Gasteiger partial charge in [-0.05, 0) is 55.3 Å². The highest BCUT2D eigenvalue weighted by molar-refractivity contribution is 7.92.